The highest BCUT2D eigenvalue weighted by Crippen LogP contribution is 2.42. The third kappa shape index (κ3) is 4.50. The first-order valence-corrected chi connectivity index (χ1v) is 9.58. The molecule has 3 rings (SSSR count). The largest absolute Gasteiger partial charge is 0.461 e. The summed E-state index contributed by atoms with van der Waals surface area (Å²) in [6, 6.07) is 3.97. The maximum Gasteiger partial charge on any atom is 0.216 e. The standard InChI is InChI=1S/C19H30N6O2/c1-5-6-9-27-15-11-14(19(15,2)3)22-18(20-4)21-12-16-23-17(25-24-16)13-8-7-10-26-13/h7-8,10,14-15H,5-6,9,11-12H2,1-4H3,(H2,20,21,22)(H,23,24,25). The Bertz CT molecular complexity index is 737. The minimum Gasteiger partial charge on any atom is -0.461 e. The molecule has 8 nitrogen and oxygen atoms in total. The predicted octanol–water partition coefficient (Wildman–Crippen LogP) is 2.71. The summed E-state index contributed by atoms with van der Waals surface area (Å²) in [6.45, 7) is 8.00. The van der Waals surface area contributed by atoms with Crippen LogP contribution in [0, 0.1) is 5.41 Å². The van der Waals surface area contributed by atoms with E-state index in [1.54, 1.807) is 13.3 Å². The number of hydrogen-bond acceptors (Lipinski definition) is 5. The quantitative estimate of drug-likeness (QED) is 0.373. The Hall–Kier alpha value is -2.35. The SMILES string of the molecule is CCCCOC1CC(NC(=NC)NCc2nc(-c3ccco3)n[nH]2)C1(C)C. The summed E-state index contributed by atoms with van der Waals surface area (Å²) in [5.74, 6) is 2.66. The Morgan fingerprint density at radius 2 is 2.33 bits per heavy atom. The van der Waals surface area contributed by atoms with Crippen LogP contribution in [-0.4, -0.2) is 46.9 Å². The van der Waals surface area contributed by atoms with Crippen molar-refractivity contribution in [3.63, 3.8) is 0 Å². The minimum absolute atomic E-state index is 0.0735. The van der Waals surface area contributed by atoms with Gasteiger partial charge in [0.25, 0.3) is 0 Å². The molecule has 0 aromatic carbocycles. The molecular weight excluding hydrogens is 344 g/mol. The van der Waals surface area contributed by atoms with Crippen LogP contribution in [0.2, 0.25) is 0 Å². The molecule has 148 valence electrons. The van der Waals surface area contributed by atoms with E-state index in [0.717, 1.165) is 37.7 Å². The molecule has 2 unspecified atom stereocenters. The van der Waals surface area contributed by atoms with Crippen LogP contribution in [0.25, 0.3) is 11.6 Å². The van der Waals surface area contributed by atoms with Gasteiger partial charge in [0, 0.05) is 25.1 Å². The number of ether oxygens (including phenoxy) is 1. The predicted molar refractivity (Wildman–Crippen MR) is 104 cm³/mol. The van der Waals surface area contributed by atoms with Gasteiger partial charge in [0.2, 0.25) is 5.82 Å². The lowest BCUT2D eigenvalue weighted by Gasteiger charge is -2.52. The van der Waals surface area contributed by atoms with Gasteiger partial charge in [0.05, 0.1) is 18.9 Å². The van der Waals surface area contributed by atoms with Gasteiger partial charge in [-0.05, 0) is 25.0 Å². The van der Waals surface area contributed by atoms with Crippen LogP contribution in [0.4, 0.5) is 0 Å². The second-order valence-electron chi connectivity index (χ2n) is 7.48. The van der Waals surface area contributed by atoms with Crippen LogP contribution in [0.5, 0.6) is 0 Å². The molecule has 0 aliphatic heterocycles. The Morgan fingerprint density at radius 3 is 3.00 bits per heavy atom. The lowest BCUT2D eigenvalue weighted by molar-refractivity contribution is -0.113. The highest BCUT2D eigenvalue weighted by atomic mass is 16.5. The van der Waals surface area contributed by atoms with Crippen LogP contribution in [-0.2, 0) is 11.3 Å². The molecule has 0 radical (unpaired) electrons. The molecule has 1 aliphatic carbocycles. The summed E-state index contributed by atoms with van der Waals surface area (Å²) in [7, 11) is 1.77. The third-order valence-corrected chi connectivity index (χ3v) is 5.23. The first-order valence-electron chi connectivity index (χ1n) is 9.58. The molecule has 3 N–H and O–H groups in total. The van der Waals surface area contributed by atoms with Gasteiger partial charge in [-0.2, -0.15) is 0 Å². The fourth-order valence-corrected chi connectivity index (χ4v) is 3.20. The highest BCUT2D eigenvalue weighted by molar-refractivity contribution is 5.80. The van der Waals surface area contributed by atoms with Gasteiger partial charge in [-0.1, -0.05) is 27.2 Å². The van der Waals surface area contributed by atoms with E-state index in [1.165, 1.54) is 0 Å². The molecule has 8 heteroatoms. The number of H-pyrrole nitrogens is 1. The van der Waals surface area contributed by atoms with Crippen molar-refractivity contribution in [1.29, 1.82) is 0 Å². The van der Waals surface area contributed by atoms with Crippen molar-refractivity contribution in [2.24, 2.45) is 10.4 Å². The van der Waals surface area contributed by atoms with Crippen LogP contribution < -0.4 is 10.6 Å². The van der Waals surface area contributed by atoms with Crippen molar-refractivity contribution in [1.82, 2.24) is 25.8 Å². The van der Waals surface area contributed by atoms with Gasteiger partial charge >= 0.3 is 0 Å². The Morgan fingerprint density at radius 1 is 1.48 bits per heavy atom. The lowest BCUT2D eigenvalue weighted by Crippen LogP contribution is -2.63. The van der Waals surface area contributed by atoms with Crippen LogP contribution in [0.3, 0.4) is 0 Å². The number of nitrogens with one attached hydrogen (secondary N) is 3. The average Bonchev–Trinajstić information content (AvgIpc) is 3.34. The van der Waals surface area contributed by atoms with E-state index in [9.17, 15) is 0 Å². The summed E-state index contributed by atoms with van der Waals surface area (Å²) in [5.41, 5.74) is 0.0735. The Kier molecular flexibility index (Phi) is 6.15. The van der Waals surface area contributed by atoms with Crippen molar-refractivity contribution in [2.75, 3.05) is 13.7 Å². The van der Waals surface area contributed by atoms with Crippen LogP contribution in [0.15, 0.2) is 27.8 Å². The number of aliphatic imine (C=N–C) groups is 1. The van der Waals surface area contributed by atoms with Crippen molar-refractivity contribution in [3.8, 4) is 11.6 Å². The number of hydrogen-bond donors (Lipinski definition) is 3. The van der Waals surface area contributed by atoms with E-state index in [4.69, 9.17) is 9.15 Å². The average molecular weight is 374 g/mol. The van der Waals surface area contributed by atoms with E-state index >= 15 is 0 Å². The van der Waals surface area contributed by atoms with E-state index in [2.05, 4.69) is 51.6 Å². The summed E-state index contributed by atoms with van der Waals surface area (Å²) in [4.78, 5) is 8.75. The zero-order valence-corrected chi connectivity index (χ0v) is 16.6. The molecular formula is C19H30N6O2. The summed E-state index contributed by atoms with van der Waals surface area (Å²) >= 11 is 0. The fraction of sp³-hybridized carbons (Fsp3) is 0.632. The van der Waals surface area contributed by atoms with Crippen LogP contribution in [0.1, 0.15) is 45.9 Å². The van der Waals surface area contributed by atoms with Crippen molar-refractivity contribution < 1.29 is 9.15 Å². The summed E-state index contributed by atoms with van der Waals surface area (Å²) in [5, 5.41) is 13.9. The molecule has 27 heavy (non-hydrogen) atoms. The number of guanidine groups is 1. The number of nitrogens with zero attached hydrogens (tertiary/aromatic N) is 3. The molecule has 2 aromatic heterocycles. The van der Waals surface area contributed by atoms with E-state index < -0.39 is 0 Å². The van der Waals surface area contributed by atoms with Crippen molar-refractivity contribution in [2.45, 2.75) is 58.7 Å². The minimum atomic E-state index is 0.0735. The molecule has 0 bridgehead atoms. The molecule has 0 saturated heterocycles. The fourth-order valence-electron chi connectivity index (χ4n) is 3.20. The first-order chi connectivity index (χ1) is 13.0. The van der Waals surface area contributed by atoms with Gasteiger partial charge in [-0.3, -0.25) is 10.1 Å². The molecule has 1 aliphatic rings. The van der Waals surface area contributed by atoms with Gasteiger partial charge in [-0.25, -0.2) is 4.98 Å². The Labute approximate surface area is 160 Å². The molecule has 0 spiro atoms. The second-order valence-corrected chi connectivity index (χ2v) is 7.48. The van der Waals surface area contributed by atoms with Gasteiger partial charge in [0.1, 0.15) is 5.82 Å². The zero-order valence-electron chi connectivity index (χ0n) is 16.6. The monoisotopic (exact) mass is 374 g/mol. The number of furan rings is 1. The number of rotatable bonds is 8. The summed E-state index contributed by atoms with van der Waals surface area (Å²) < 4.78 is 11.3. The molecule has 1 saturated carbocycles. The van der Waals surface area contributed by atoms with E-state index in [-0.39, 0.29) is 5.41 Å². The number of aromatic amines is 1. The topological polar surface area (TPSA) is 100 Å². The molecule has 1 fully saturated rings. The van der Waals surface area contributed by atoms with Crippen molar-refractivity contribution in [3.05, 3.63) is 24.2 Å². The second kappa shape index (κ2) is 8.56. The number of aromatic nitrogens is 3. The molecule has 2 aromatic rings. The van der Waals surface area contributed by atoms with Crippen molar-refractivity contribution >= 4 is 5.96 Å². The van der Waals surface area contributed by atoms with Gasteiger partial charge < -0.3 is 19.8 Å². The maximum atomic E-state index is 6.01. The van der Waals surface area contributed by atoms with Gasteiger partial charge in [-0.15, -0.1) is 5.10 Å². The normalized spacial score (nSPS) is 21.7. The zero-order chi connectivity index (χ0) is 19.3. The maximum absolute atomic E-state index is 6.01. The first kappa shape index (κ1) is 19.4. The molecule has 2 heterocycles. The molecule has 0 amide bonds. The van der Waals surface area contributed by atoms with Gasteiger partial charge in [0.15, 0.2) is 11.7 Å². The molecule has 2 atom stereocenters. The lowest BCUT2D eigenvalue weighted by atomic mass is 9.64. The summed E-state index contributed by atoms with van der Waals surface area (Å²) in [6.07, 6.45) is 5.17. The smallest absolute Gasteiger partial charge is 0.216 e. The van der Waals surface area contributed by atoms with E-state index in [0.29, 0.717) is 30.3 Å². The van der Waals surface area contributed by atoms with E-state index in [1.807, 2.05) is 12.1 Å². The number of unbranched alkanes of at least 4 members (excludes halogenated alkanes) is 1. The van der Waals surface area contributed by atoms with Crippen LogP contribution >= 0.6 is 0 Å². The highest BCUT2D eigenvalue weighted by Gasteiger charge is 2.49. The third-order valence-electron chi connectivity index (χ3n) is 5.23. The Balaban J connectivity index is 1.48.